The molecule has 0 N–H and O–H groups in total. The molecule has 130 valence electrons. The van der Waals surface area contributed by atoms with Gasteiger partial charge in [0.2, 0.25) is 0 Å². The molecule has 2 aliphatic rings. The van der Waals surface area contributed by atoms with E-state index in [0.29, 0.717) is 17.9 Å². The predicted molar refractivity (Wildman–Crippen MR) is 106 cm³/mol. The summed E-state index contributed by atoms with van der Waals surface area (Å²) in [6.07, 6.45) is 5.62. The molecule has 0 unspecified atom stereocenters. The number of fused-ring (bicyclic) bond motifs is 2. The number of sulfonamides is 1. The molecule has 2 aromatic carbocycles. The van der Waals surface area contributed by atoms with Crippen LogP contribution in [0.25, 0.3) is 0 Å². The molecule has 0 fully saturated rings. The van der Waals surface area contributed by atoms with Gasteiger partial charge in [0.25, 0.3) is 10.0 Å². The smallest absolute Gasteiger partial charge is 0.284 e. The maximum atomic E-state index is 12.7. The molecule has 0 aliphatic carbocycles. The van der Waals surface area contributed by atoms with Crippen LogP contribution in [0.1, 0.15) is 11.1 Å². The summed E-state index contributed by atoms with van der Waals surface area (Å²) in [7, 11) is -3.85. The monoisotopic (exact) mass is 427 g/mol. The van der Waals surface area contributed by atoms with Gasteiger partial charge >= 0.3 is 0 Å². The molecule has 7 heteroatoms. The van der Waals surface area contributed by atoms with Crippen molar-refractivity contribution in [3.05, 3.63) is 88.6 Å². The van der Waals surface area contributed by atoms with E-state index in [1.807, 2.05) is 47.5 Å². The number of benzene rings is 2. The van der Waals surface area contributed by atoms with Crippen LogP contribution in [-0.2, 0) is 16.6 Å². The third-order valence-electron chi connectivity index (χ3n) is 4.03. The van der Waals surface area contributed by atoms with Crippen LogP contribution in [-0.4, -0.2) is 25.0 Å². The number of amidine groups is 2. The first-order valence-corrected chi connectivity index (χ1v) is 10.2. The largest absolute Gasteiger partial charge is 0.327 e. The van der Waals surface area contributed by atoms with E-state index >= 15 is 0 Å². The van der Waals surface area contributed by atoms with Crippen molar-refractivity contribution in [3.63, 3.8) is 0 Å². The van der Waals surface area contributed by atoms with Crippen molar-refractivity contribution in [2.24, 2.45) is 9.39 Å². The minimum Gasteiger partial charge on any atom is -0.327 e. The van der Waals surface area contributed by atoms with Gasteiger partial charge in [0.1, 0.15) is 5.84 Å². The van der Waals surface area contributed by atoms with E-state index in [1.54, 1.807) is 18.2 Å². The second-order valence-electron chi connectivity index (χ2n) is 5.81. The second kappa shape index (κ2) is 6.66. The lowest BCUT2D eigenvalue weighted by molar-refractivity contribution is 0.555. The highest BCUT2D eigenvalue weighted by Crippen LogP contribution is 2.24. The third-order valence-corrected chi connectivity index (χ3v) is 5.78. The van der Waals surface area contributed by atoms with E-state index in [0.717, 1.165) is 10.0 Å². The van der Waals surface area contributed by atoms with Crippen LogP contribution in [0.5, 0.6) is 0 Å². The van der Waals surface area contributed by atoms with E-state index in [2.05, 4.69) is 25.3 Å². The Morgan fingerprint density at radius 2 is 1.73 bits per heavy atom. The molecule has 4 rings (SSSR count). The number of nitrogens with zero attached hydrogens (tertiary/aromatic N) is 3. The average Bonchev–Trinajstić information content (AvgIpc) is 2.78. The number of rotatable bonds is 2. The Morgan fingerprint density at radius 3 is 2.54 bits per heavy atom. The van der Waals surface area contributed by atoms with Crippen LogP contribution in [0.3, 0.4) is 0 Å². The highest BCUT2D eigenvalue weighted by Gasteiger charge is 2.23. The minimum absolute atomic E-state index is 0.146. The van der Waals surface area contributed by atoms with Gasteiger partial charge in [-0.1, -0.05) is 42.5 Å². The highest BCUT2D eigenvalue weighted by atomic mass is 79.9. The maximum Gasteiger partial charge on any atom is 0.284 e. The van der Waals surface area contributed by atoms with Gasteiger partial charge in [-0.3, -0.25) is 0 Å². The Balaban J connectivity index is 1.89. The molecule has 2 aromatic rings. The van der Waals surface area contributed by atoms with Crippen molar-refractivity contribution in [3.8, 4) is 0 Å². The van der Waals surface area contributed by atoms with Gasteiger partial charge in [-0.25, -0.2) is 4.99 Å². The zero-order valence-corrected chi connectivity index (χ0v) is 16.0. The quantitative estimate of drug-likeness (QED) is 0.730. The van der Waals surface area contributed by atoms with Gasteiger partial charge in [-0.15, -0.1) is 4.40 Å². The van der Waals surface area contributed by atoms with E-state index in [4.69, 9.17) is 0 Å². The van der Waals surface area contributed by atoms with E-state index in [-0.39, 0.29) is 10.7 Å². The molecule has 0 aromatic heterocycles. The van der Waals surface area contributed by atoms with Gasteiger partial charge in [0.15, 0.2) is 5.84 Å². The lowest BCUT2D eigenvalue weighted by Crippen LogP contribution is -2.24. The SMILES string of the molecule is O=S(=O)(/N=C1\N=C2C=CC(Br)=CN2Cc2ccccc21)c1ccccc1. The summed E-state index contributed by atoms with van der Waals surface area (Å²) < 4.78 is 30.4. The number of hydrogen-bond donors (Lipinski definition) is 0. The first kappa shape index (κ1) is 16.9. The zero-order chi connectivity index (χ0) is 18.1. The number of halogens is 1. The Morgan fingerprint density at radius 1 is 1.00 bits per heavy atom. The lowest BCUT2D eigenvalue weighted by atomic mass is 10.1. The van der Waals surface area contributed by atoms with Crippen LogP contribution in [0.4, 0.5) is 0 Å². The summed E-state index contributed by atoms with van der Waals surface area (Å²) in [4.78, 5) is 6.65. The maximum absolute atomic E-state index is 12.7. The Labute approximate surface area is 160 Å². The summed E-state index contributed by atoms with van der Waals surface area (Å²) in [5, 5.41) is 0. The van der Waals surface area contributed by atoms with Gasteiger partial charge in [0, 0.05) is 22.8 Å². The summed E-state index contributed by atoms with van der Waals surface area (Å²) in [5.41, 5.74) is 1.67. The zero-order valence-electron chi connectivity index (χ0n) is 13.6. The minimum atomic E-state index is -3.85. The molecule has 26 heavy (non-hydrogen) atoms. The van der Waals surface area contributed by atoms with E-state index in [1.165, 1.54) is 12.1 Å². The normalized spacial score (nSPS) is 17.9. The number of hydrogen-bond acceptors (Lipinski definition) is 3. The van der Waals surface area contributed by atoms with Gasteiger partial charge in [-0.2, -0.15) is 8.42 Å². The number of aliphatic imine (C=N–C) groups is 1. The summed E-state index contributed by atoms with van der Waals surface area (Å²) in [6.45, 7) is 0.582. The summed E-state index contributed by atoms with van der Waals surface area (Å²) in [5.74, 6) is 0.837. The first-order chi connectivity index (χ1) is 12.5. The standard InChI is InChI=1S/C19H14BrN3O2S/c20-15-10-11-18-21-19(22-26(24,25)16-7-2-1-3-8-16)17-9-5-4-6-14(17)12-23(18)13-15/h1-11,13H,12H2/b22-19-. The molecule has 5 nitrogen and oxygen atoms in total. The molecular formula is C19H14BrN3O2S. The van der Waals surface area contributed by atoms with Gasteiger partial charge in [-0.05, 0) is 45.8 Å². The molecule has 2 aliphatic heterocycles. The fourth-order valence-electron chi connectivity index (χ4n) is 2.79. The predicted octanol–water partition coefficient (Wildman–Crippen LogP) is 3.84. The average molecular weight is 428 g/mol. The second-order valence-corrected chi connectivity index (χ2v) is 8.33. The van der Waals surface area contributed by atoms with Crippen molar-refractivity contribution < 1.29 is 8.42 Å². The summed E-state index contributed by atoms with van der Waals surface area (Å²) in [6, 6.07) is 15.8. The van der Waals surface area contributed by atoms with E-state index in [9.17, 15) is 8.42 Å². The lowest BCUT2D eigenvalue weighted by Gasteiger charge is -2.21. The van der Waals surface area contributed by atoms with Crippen LogP contribution >= 0.6 is 15.9 Å². The van der Waals surface area contributed by atoms with Crippen molar-refractivity contribution in [2.75, 3.05) is 0 Å². The Hall–Kier alpha value is -2.51. The van der Waals surface area contributed by atoms with Crippen LogP contribution in [0.15, 0.2) is 91.7 Å². The van der Waals surface area contributed by atoms with Crippen molar-refractivity contribution in [1.29, 1.82) is 0 Å². The van der Waals surface area contributed by atoms with Crippen molar-refractivity contribution in [2.45, 2.75) is 11.4 Å². The fraction of sp³-hybridized carbons (Fsp3) is 0.0526. The third kappa shape index (κ3) is 3.27. The highest BCUT2D eigenvalue weighted by molar-refractivity contribution is 9.11. The van der Waals surface area contributed by atoms with Gasteiger partial charge in [0.05, 0.1) is 4.90 Å². The van der Waals surface area contributed by atoms with Gasteiger partial charge < -0.3 is 4.90 Å². The Kier molecular flexibility index (Phi) is 4.34. The topological polar surface area (TPSA) is 62.1 Å². The molecule has 0 saturated carbocycles. The van der Waals surface area contributed by atoms with Crippen molar-refractivity contribution >= 4 is 37.6 Å². The van der Waals surface area contributed by atoms with Crippen molar-refractivity contribution in [1.82, 2.24) is 4.90 Å². The Bertz CT molecular complexity index is 1090. The van der Waals surface area contributed by atoms with Crippen LogP contribution in [0.2, 0.25) is 0 Å². The molecule has 0 saturated heterocycles. The van der Waals surface area contributed by atoms with E-state index < -0.39 is 10.0 Å². The molecule has 0 spiro atoms. The molecule has 0 amide bonds. The molecule has 0 radical (unpaired) electrons. The number of allylic oxidation sites excluding steroid dienone is 2. The molecular weight excluding hydrogens is 414 g/mol. The molecule has 0 bridgehead atoms. The summed E-state index contributed by atoms with van der Waals surface area (Å²) >= 11 is 3.46. The molecule has 0 atom stereocenters. The first-order valence-electron chi connectivity index (χ1n) is 7.92. The molecule has 2 heterocycles. The van der Waals surface area contributed by atoms with Crippen LogP contribution in [0, 0.1) is 0 Å². The van der Waals surface area contributed by atoms with Crippen LogP contribution < -0.4 is 0 Å². The fourth-order valence-corrected chi connectivity index (χ4v) is 4.15.